The van der Waals surface area contributed by atoms with Gasteiger partial charge in [0, 0.05) is 11.5 Å². The summed E-state index contributed by atoms with van der Waals surface area (Å²) in [5.74, 6) is 4.74. The van der Waals surface area contributed by atoms with Gasteiger partial charge in [0.2, 0.25) is 0 Å². The van der Waals surface area contributed by atoms with E-state index in [2.05, 4.69) is 11.8 Å². The molecule has 0 radical (unpaired) electrons. The van der Waals surface area contributed by atoms with Crippen molar-refractivity contribution >= 4 is 5.97 Å². The van der Waals surface area contributed by atoms with E-state index in [0.717, 1.165) is 5.56 Å². The number of ether oxygens (including phenoxy) is 1. The Morgan fingerprint density at radius 1 is 1.19 bits per heavy atom. The number of esters is 1. The van der Waals surface area contributed by atoms with Crippen LogP contribution in [0.1, 0.15) is 31.9 Å². The summed E-state index contributed by atoms with van der Waals surface area (Å²) in [5, 5.41) is 0. The highest BCUT2D eigenvalue weighted by atomic mass is 16.6. The second kappa shape index (κ2) is 4.85. The van der Waals surface area contributed by atoms with E-state index in [1.165, 1.54) is 5.56 Å². The number of hydrogen-bond acceptors (Lipinski definition) is 2. The van der Waals surface area contributed by atoms with Crippen LogP contribution < -0.4 is 0 Å². The van der Waals surface area contributed by atoms with Crippen molar-refractivity contribution in [1.29, 1.82) is 0 Å². The van der Waals surface area contributed by atoms with Gasteiger partial charge in [-0.2, -0.15) is 0 Å². The monoisotopic (exact) mass is 216 g/mol. The maximum atomic E-state index is 11.3. The third-order valence-corrected chi connectivity index (χ3v) is 1.76. The van der Waals surface area contributed by atoms with E-state index in [4.69, 9.17) is 4.74 Å². The predicted octanol–water partition coefficient (Wildman–Crippen LogP) is 2.69. The fourth-order valence-electron chi connectivity index (χ4n) is 1.06. The van der Waals surface area contributed by atoms with E-state index in [1.54, 1.807) is 0 Å². The minimum Gasteiger partial charge on any atom is -0.450 e. The van der Waals surface area contributed by atoms with E-state index in [1.807, 2.05) is 52.0 Å². The Bertz CT molecular complexity index is 425. The van der Waals surface area contributed by atoms with Gasteiger partial charge in [-0.25, -0.2) is 4.79 Å². The first-order valence-corrected chi connectivity index (χ1v) is 5.18. The van der Waals surface area contributed by atoms with Gasteiger partial charge in [0.25, 0.3) is 0 Å². The normalized spacial score (nSPS) is 10.2. The lowest BCUT2D eigenvalue weighted by Crippen LogP contribution is -2.22. The van der Waals surface area contributed by atoms with Crippen molar-refractivity contribution in [3.05, 3.63) is 35.4 Å². The summed E-state index contributed by atoms with van der Waals surface area (Å²) >= 11 is 0. The van der Waals surface area contributed by atoms with Gasteiger partial charge in [0.15, 0.2) is 0 Å². The number of aryl methyl sites for hydroxylation is 1. The van der Waals surface area contributed by atoms with Crippen LogP contribution >= 0.6 is 0 Å². The van der Waals surface area contributed by atoms with E-state index < -0.39 is 11.6 Å². The zero-order valence-electron chi connectivity index (χ0n) is 10.1. The average Bonchev–Trinajstić information content (AvgIpc) is 2.14. The van der Waals surface area contributed by atoms with E-state index >= 15 is 0 Å². The SMILES string of the molecule is Cc1ccc(C#CC(=O)OC(C)(C)C)cc1. The summed E-state index contributed by atoms with van der Waals surface area (Å²) in [5.41, 5.74) is 1.50. The third-order valence-electron chi connectivity index (χ3n) is 1.76. The van der Waals surface area contributed by atoms with Gasteiger partial charge in [0.1, 0.15) is 5.60 Å². The Morgan fingerprint density at radius 3 is 2.25 bits per heavy atom. The second-order valence-electron chi connectivity index (χ2n) is 4.62. The van der Waals surface area contributed by atoms with Crippen LogP contribution in [0.5, 0.6) is 0 Å². The van der Waals surface area contributed by atoms with Gasteiger partial charge in [-0.3, -0.25) is 0 Å². The first-order chi connectivity index (χ1) is 7.37. The number of carbonyl (C=O) groups excluding carboxylic acids is 1. The molecule has 0 fully saturated rings. The number of carbonyl (C=O) groups is 1. The van der Waals surface area contributed by atoms with Crippen molar-refractivity contribution in [3.63, 3.8) is 0 Å². The van der Waals surface area contributed by atoms with Crippen LogP contribution in [0.25, 0.3) is 0 Å². The fraction of sp³-hybridized carbons (Fsp3) is 0.357. The van der Waals surface area contributed by atoms with Crippen LogP contribution in [-0.2, 0) is 9.53 Å². The molecule has 0 heterocycles. The largest absolute Gasteiger partial charge is 0.450 e. The fourth-order valence-corrected chi connectivity index (χ4v) is 1.06. The molecule has 0 N–H and O–H groups in total. The maximum absolute atomic E-state index is 11.3. The molecule has 0 aliphatic carbocycles. The van der Waals surface area contributed by atoms with E-state index in [0.29, 0.717) is 0 Å². The average molecular weight is 216 g/mol. The molecule has 0 unspecified atom stereocenters. The zero-order chi connectivity index (χ0) is 12.2. The highest BCUT2D eigenvalue weighted by Crippen LogP contribution is 2.06. The van der Waals surface area contributed by atoms with Crippen LogP contribution in [0.4, 0.5) is 0 Å². The first-order valence-electron chi connectivity index (χ1n) is 5.18. The topological polar surface area (TPSA) is 26.3 Å². The molecule has 0 atom stereocenters. The van der Waals surface area contributed by atoms with E-state index in [-0.39, 0.29) is 0 Å². The molecule has 1 aromatic rings. The molecule has 2 heteroatoms. The van der Waals surface area contributed by atoms with Crippen LogP contribution in [-0.4, -0.2) is 11.6 Å². The second-order valence-corrected chi connectivity index (χ2v) is 4.62. The zero-order valence-corrected chi connectivity index (χ0v) is 10.1. The van der Waals surface area contributed by atoms with Crippen LogP contribution in [0, 0.1) is 18.8 Å². The number of benzene rings is 1. The van der Waals surface area contributed by atoms with Crippen molar-refractivity contribution in [2.45, 2.75) is 33.3 Å². The Balaban J connectivity index is 2.68. The van der Waals surface area contributed by atoms with Gasteiger partial charge < -0.3 is 4.74 Å². The molecule has 0 aromatic heterocycles. The molecule has 1 rings (SSSR count). The summed E-state index contributed by atoms with van der Waals surface area (Å²) in [6, 6.07) is 7.68. The molecular weight excluding hydrogens is 200 g/mol. The highest BCUT2D eigenvalue weighted by Gasteiger charge is 2.13. The molecule has 0 aliphatic rings. The van der Waals surface area contributed by atoms with Crippen molar-refractivity contribution < 1.29 is 9.53 Å². The molecule has 2 nitrogen and oxygen atoms in total. The Labute approximate surface area is 96.6 Å². The molecule has 0 saturated carbocycles. The van der Waals surface area contributed by atoms with E-state index in [9.17, 15) is 4.79 Å². The number of hydrogen-bond donors (Lipinski definition) is 0. The lowest BCUT2D eigenvalue weighted by Gasteiger charge is -2.16. The predicted molar refractivity (Wildman–Crippen MR) is 63.9 cm³/mol. The maximum Gasteiger partial charge on any atom is 0.385 e. The van der Waals surface area contributed by atoms with Gasteiger partial charge in [-0.15, -0.1) is 0 Å². The Morgan fingerprint density at radius 2 is 1.75 bits per heavy atom. The summed E-state index contributed by atoms with van der Waals surface area (Å²) in [6.07, 6.45) is 0. The van der Waals surface area contributed by atoms with Gasteiger partial charge in [0.05, 0.1) is 0 Å². The van der Waals surface area contributed by atoms with Crippen molar-refractivity contribution in [1.82, 2.24) is 0 Å². The quantitative estimate of drug-likeness (QED) is 0.492. The lowest BCUT2D eigenvalue weighted by molar-refractivity contribution is -0.147. The third kappa shape index (κ3) is 4.65. The molecule has 0 saturated heterocycles. The molecular formula is C14H16O2. The summed E-state index contributed by atoms with van der Waals surface area (Å²) < 4.78 is 5.07. The highest BCUT2D eigenvalue weighted by molar-refractivity contribution is 5.89. The molecule has 0 bridgehead atoms. The first kappa shape index (κ1) is 12.3. The van der Waals surface area contributed by atoms with Crippen LogP contribution in [0.15, 0.2) is 24.3 Å². The summed E-state index contributed by atoms with van der Waals surface area (Å²) in [4.78, 5) is 11.3. The standard InChI is InChI=1S/C14H16O2/c1-11-5-7-12(8-6-11)9-10-13(15)16-14(2,3)4/h5-8H,1-4H3. The molecule has 0 aliphatic heterocycles. The molecule has 0 amide bonds. The minimum absolute atomic E-state index is 0.487. The molecule has 84 valence electrons. The smallest absolute Gasteiger partial charge is 0.385 e. The molecule has 16 heavy (non-hydrogen) atoms. The Hall–Kier alpha value is -1.75. The van der Waals surface area contributed by atoms with Crippen molar-refractivity contribution in [2.24, 2.45) is 0 Å². The van der Waals surface area contributed by atoms with Crippen LogP contribution in [0.2, 0.25) is 0 Å². The van der Waals surface area contributed by atoms with Gasteiger partial charge >= 0.3 is 5.97 Å². The van der Waals surface area contributed by atoms with Crippen LogP contribution in [0.3, 0.4) is 0 Å². The van der Waals surface area contributed by atoms with Gasteiger partial charge in [-0.05, 0) is 39.8 Å². The van der Waals surface area contributed by atoms with Crippen molar-refractivity contribution in [3.8, 4) is 11.8 Å². The lowest BCUT2D eigenvalue weighted by atomic mass is 10.1. The van der Waals surface area contributed by atoms with Crippen molar-refractivity contribution in [2.75, 3.05) is 0 Å². The molecule has 0 spiro atoms. The Kier molecular flexibility index (Phi) is 3.73. The minimum atomic E-state index is -0.493. The van der Waals surface area contributed by atoms with Gasteiger partial charge in [-0.1, -0.05) is 23.6 Å². The molecule has 1 aromatic carbocycles. The number of rotatable bonds is 0. The summed E-state index contributed by atoms with van der Waals surface area (Å²) in [7, 11) is 0. The summed E-state index contributed by atoms with van der Waals surface area (Å²) in [6.45, 7) is 7.46.